The summed E-state index contributed by atoms with van der Waals surface area (Å²) in [5, 5.41) is 5.10. The minimum atomic E-state index is -0.176. The molecule has 3 rings (SSSR count). The van der Waals surface area contributed by atoms with Gasteiger partial charge in [0.2, 0.25) is 5.91 Å². The fraction of sp³-hybridized carbons (Fsp3) is 0.143. The molecule has 2 aromatic carbocycles. The summed E-state index contributed by atoms with van der Waals surface area (Å²) in [4.78, 5) is 12.1. The lowest BCUT2D eigenvalue weighted by Gasteiger charge is -2.12. The Morgan fingerprint density at radius 1 is 1.18 bits per heavy atom. The van der Waals surface area contributed by atoms with Gasteiger partial charge in [-0.1, -0.05) is 57.3 Å². The van der Waals surface area contributed by atoms with Gasteiger partial charge in [-0.15, -0.1) is 0 Å². The van der Waals surface area contributed by atoms with Gasteiger partial charge in [0.25, 0.3) is 0 Å². The highest BCUT2D eigenvalue weighted by atomic mass is 79.9. The molecule has 1 N–H and O–H groups in total. The highest BCUT2D eigenvalue weighted by Gasteiger charge is 2.13. The third-order valence-corrected chi connectivity index (χ3v) is 5.65. The van der Waals surface area contributed by atoms with Crippen LogP contribution in [0.25, 0.3) is 5.69 Å². The molecule has 0 saturated heterocycles. The van der Waals surface area contributed by atoms with Crippen molar-refractivity contribution in [3.05, 3.63) is 85.6 Å². The average Bonchev–Trinajstić information content (AvgIpc) is 2.93. The number of nitrogens with zero attached hydrogens (tertiary/aromatic N) is 2. The van der Waals surface area contributed by atoms with Crippen molar-refractivity contribution in [2.45, 2.75) is 20.3 Å². The molecule has 0 spiro atoms. The Balaban J connectivity index is 1.73. The summed E-state index contributed by atoms with van der Waals surface area (Å²) < 4.78 is 2.99. The molecular weight excluding hydrogens is 461 g/mol. The summed E-state index contributed by atoms with van der Waals surface area (Å²) in [6.45, 7) is 3.95. The number of aryl methyl sites for hydroxylation is 1. The van der Waals surface area contributed by atoms with Gasteiger partial charge in [-0.2, -0.15) is 5.10 Å². The van der Waals surface area contributed by atoms with E-state index in [9.17, 15) is 4.79 Å². The van der Waals surface area contributed by atoms with Crippen LogP contribution in [0.4, 0.5) is 0 Å². The number of rotatable bonds is 5. The van der Waals surface area contributed by atoms with Crippen LogP contribution in [0.3, 0.4) is 0 Å². The highest BCUT2D eigenvalue weighted by molar-refractivity contribution is 9.10. The molecule has 0 aliphatic rings. The first-order valence-electron chi connectivity index (χ1n) is 8.56. The lowest BCUT2D eigenvalue weighted by atomic mass is 10.1. The molecule has 7 heteroatoms. The Morgan fingerprint density at radius 3 is 2.61 bits per heavy atom. The molecule has 28 heavy (non-hydrogen) atoms. The predicted molar refractivity (Wildman–Crippen MR) is 119 cm³/mol. The molecule has 3 aromatic rings. The number of aromatic nitrogens is 1. The van der Waals surface area contributed by atoms with Crippen molar-refractivity contribution in [1.82, 2.24) is 9.99 Å². The van der Waals surface area contributed by atoms with Crippen LogP contribution in [0.1, 0.15) is 22.5 Å². The molecule has 0 unspecified atom stereocenters. The van der Waals surface area contributed by atoms with Crippen LogP contribution in [-0.4, -0.2) is 16.7 Å². The minimum Gasteiger partial charge on any atom is -0.316 e. The first-order chi connectivity index (χ1) is 13.4. The van der Waals surface area contributed by atoms with E-state index in [0.29, 0.717) is 10.0 Å². The molecule has 1 heterocycles. The van der Waals surface area contributed by atoms with Crippen LogP contribution >= 0.6 is 39.1 Å². The van der Waals surface area contributed by atoms with Crippen molar-refractivity contribution in [2.24, 2.45) is 5.10 Å². The SMILES string of the molecule is Cc1cc(/C=N/NC(=O)Cc2ccc(Br)cc2)c(C)n1-c1cccc(Cl)c1Cl. The zero-order chi connectivity index (χ0) is 20.3. The summed E-state index contributed by atoms with van der Waals surface area (Å²) in [6.07, 6.45) is 1.90. The zero-order valence-corrected chi connectivity index (χ0v) is 18.4. The topological polar surface area (TPSA) is 46.4 Å². The monoisotopic (exact) mass is 477 g/mol. The van der Waals surface area contributed by atoms with Gasteiger partial charge in [0.1, 0.15) is 0 Å². The standard InChI is InChI=1S/C21H18BrCl2N3O/c1-13-10-16(14(2)27(13)19-5-3-4-18(23)21(19)24)12-25-26-20(28)11-15-6-8-17(22)9-7-15/h3-10,12H,11H2,1-2H3,(H,26,28)/b25-12+. The summed E-state index contributed by atoms with van der Waals surface area (Å²) in [7, 11) is 0. The van der Waals surface area contributed by atoms with E-state index in [1.165, 1.54) is 0 Å². The van der Waals surface area contributed by atoms with Crippen LogP contribution in [0.15, 0.2) is 58.1 Å². The summed E-state index contributed by atoms with van der Waals surface area (Å²) in [5.74, 6) is -0.176. The van der Waals surface area contributed by atoms with Gasteiger partial charge in [-0.05, 0) is 49.7 Å². The van der Waals surface area contributed by atoms with Crippen LogP contribution in [0, 0.1) is 13.8 Å². The first-order valence-corrected chi connectivity index (χ1v) is 10.1. The van der Waals surface area contributed by atoms with Crippen LogP contribution in [0.5, 0.6) is 0 Å². The first kappa shape index (κ1) is 20.6. The molecule has 0 radical (unpaired) electrons. The lowest BCUT2D eigenvalue weighted by Crippen LogP contribution is -2.19. The third-order valence-electron chi connectivity index (χ3n) is 4.31. The quantitative estimate of drug-likeness (QED) is 0.362. The molecule has 0 saturated carbocycles. The van der Waals surface area contributed by atoms with Gasteiger partial charge < -0.3 is 4.57 Å². The van der Waals surface area contributed by atoms with Crippen LogP contribution in [-0.2, 0) is 11.2 Å². The van der Waals surface area contributed by atoms with Crippen molar-refractivity contribution >= 4 is 51.3 Å². The number of benzene rings is 2. The number of hydrazone groups is 1. The normalized spacial score (nSPS) is 11.2. The summed E-state index contributed by atoms with van der Waals surface area (Å²) in [5.41, 5.74) is 7.13. The maximum Gasteiger partial charge on any atom is 0.244 e. The van der Waals surface area contributed by atoms with Crippen LogP contribution < -0.4 is 5.43 Å². The fourth-order valence-electron chi connectivity index (χ4n) is 2.96. The number of hydrogen-bond acceptors (Lipinski definition) is 2. The Bertz CT molecular complexity index is 1040. The summed E-state index contributed by atoms with van der Waals surface area (Å²) >= 11 is 15.9. The Morgan fingerprint density at radius 2 is 1.89 bits per heavy atom. The van der Waals surface area contributed by atoms with E-state index in [0.717, 1.165) is 32.7 Å². The van der Waals surface area contributed by atoms with Crippen molar-refractivity contribution in [3.63, 3.8) is 0 Å². The van der Waals surface area contributed by atoms with E-state index in [2.05, 4.69) is 26.5 Å². The zero-order valence-electron chi connectivity index (χ0n) is 15.3. The number of carbonyl (C=O) groups excluding carboxylic acids is 1. The predicted octanol–water partition coefficient (Wildman–Crippen LogP) is 5.86. The number of hydrogen-bond donors (Lipinski definition) is 1. The molecule has 1 aromatic heterocycles. The molecule has 0 fully saturated rings. The van der Waals surface area contributed by atoms with E-state index in [1.807, 2.05) is 60.9 Å². The van der Waals surface area contributed by atoms with Gasteiger partial charge in [0.15, 0.2) is 0 Å². The van der Waals surface area contributed by atoms with Gasteiger partial charge in [-0.25, -0.2) is 5.43 Å². The fourth-order valence-corrected chi connectivity index (χ4v) is 3.60. The van der Waals surface area contributed by atoms with Crippen molar-refractivity contribution in [3.8, 4) is 5.69 Å². The maximum atomic E-state index is 12.1. The second kappa shape index (κ2) is 8.95. The van der Waals surface area contributed by atoms with Crippen LogP contribution in [0.2, 0.25) is 10.0 Å². The molecule has 144 valence electrons. The number of amides is 1. The summed E-state index contributed by atoms with van der Waals surface area (Å²) in [6, 6.07) is 15.1. The van der Waals surface area contributed by atoms with E-state index in [1.54, 1.807) is 12.3 Å². The number of nitrogens with one attached hydrogen (secondary N) is 1. The lowest BCUT2D eigenvalue weighted by molar-refractivity contribution is -0.120. The number of carbonyl (C=O) groups is 1. The molecule has 1 amide bonds. The molecule has 0 atom stereocenters. The Kier molecular flexibility index (Phi) is 6.60. The molecule has 0 aliphatic carbocycles. The van der Waals surface area contributed by atoms with Crippen molar-refractivity contribution in [2.75, 3.05) is 0 Å². The van der Waals surface area contributed by atoms with Crippen molar-refractivity contribution in [1.29, 1.82) is 0 Å². The largest absolute Gasteiger partial charge is 0.316 e. The number of halogens is 3. The average molecular weight is 479 g/mol. The van der Waals surface area contributed by atoms with E-state index >= 15 is 0 Å². The Hall–Kier alpha value is -2.08. The second-order valence-corrected chi connectivity index (χ2v) is 8.03. The van der Waals surface area contributed by atoms with E-state index in [-0.39, 0.29) is 12.3 Å². The minimum absolute atomic E-state index is 0.176. The highest BCUT2D eigenvalue weighted by Crippen LogP contribution is 2.31. The third kappa shape index (κ3) is 4.66. The van der Waals surface area contributed by atoms with Crippen molar-refractivity contribution < 1.29 is 4.79 Å². The second-order valence-electron chi connectivity index (χ2n) is 6.33. The maximum absolute atomic E-state index is 12.1. The van der Waals surface area contributed by atoms with Gasteiger partial charge in [0, 0.05) is 21.4 Å². The van der Waals surface area contributed by atoms with Gasteiger partial charge >= 0.3 is 0 Å². The van der Waals surface area contributed by atoms with Gasteiger partial charge in [0.05, 0.1) is 28.4 Å². The van der Waals surface area contributed by atoms with E-state index in [4.69, 9.17) is 23.2 Å². The smallest absolute Gasteiger partial charge is 0.244 e. The molecular formula is C21H18BrCl2N3O. The molecule has 0 bridgehead atoms. The van der Waals surface area contributed by atoms with E-state index < -0.39 is 0 Å². The Labute approximate surface area is 182 Å². The molecule has 4 nitrogen and oxygen atoms in total. The van der Waals surface area contributed by atoms with Gasteiger partial charge in [-0.3, -0.25) is 4.79 Å². The molecule has 0 aliphatic heterocycles.